The Hall–Kier alpha value is -0.133. The Morgan fingerprint density at radius 1 is 1.20 bits per heavy atom. The number of halogens is 1. The fraction of sp³-hybridized carbons (Fsp3) is 0.529. The Morgan fingerprint density at radius 3 is 2.30 bits per heavy atom. The molecule has 0 N–H and O–H groups in total. The van der Waals surface area contributed by atoms with Gasteiger partial charge in [0.1, 0.15) is 0 Å². The van der Waals surface area contributed by atoms with E-state index in [0.717, 1.165) is 12.8 Å². The maximum atomic E-state index is 6.51. The van der Waals surface area contributed by atoms with E-state index in [1.54, 1.807) is 0 Å². The molecule has 0 heterocycles. The van der Waals surface area contributed by atoms with E-state index in [0.29, 0.717) is 0 Å². The maximum absolute atomic E-state index is 6.51. The van der Waals surface area contributed by atoms with Crippen LogP contribution in [-0.4, -0.2) is 14.4 Å². The first-order valence-electron chi connectivity index (χ1n) is 7.25. The summed E-state index contributed by atoms with van der Waals surface area (Å²) in [5.74, 6) is 0. The zero-order chi connectivity index (χ0) is 15.2. The largest absolute Gasteiger partial charge is 0.411 e. The van der Waals surface area contributed by atoms with Gasteiger partial charge in [0.25, 0.3) is 0 Å². The highest BCUT2D eigenvalue weighted by molar-refractivity contribution is 14.1. The molecule has 20 heavy (non-hydrogen) atoms. The zero-order valence-electron chi connectivity index (χ0n) is 13.3. The standard InChI is InChI=1S/C17H27IOSi/c1-17(2,3)20(4,5)19-16(13-14-18)12-11-15-9-7-6-8-10-15/h6-10,13-14,16H,11-12H2,1-5H3/b14-13+. The molecule has 0 aliphatic heterocycles. The summed E-state index contributed by atoms with van der Waals surface area (Å²) in [6.07, 6.45) is 4.55. The van der Waals surface area contributed by atoms with Gasteiger partial charge in [-0.2, -0.15) is 0 Å². The lowest BCUT2D eigenvalue weighted by molar-refractivity contribution is 0.215. The number of hydrogen-bond acceptors (Lipinski definition) is 1. The summed E-state index contributed by atoms with van der Waals surface area (Å²) in [5.41, 5.74) is 1.39. The summed E-state index contributed by atoms with van der Waals surface area (Å²) in [5, 5.41) is 0.261. The first-order valence-corrected chi connectivity index (χ1v) is 11.4. The van der Waals surface area contributed by atoms with Gasteiger partial charge in [0.15, 0.2) is 8.32 Å². The van der Waals surface area contributed by atoms with Gasteiger partial charge < -0.3 is 4.43 Å². The molecular formula is C17H27IOSi. The molecule has 0 bridgehead atoms. The average molecular weight is 402 g/mol. The molecule has 0 aromatic heterocycles. The Balaban J connectivity index is 2.66. The monoisotopic (exact) mass is 402 g/mol. The third-order valence-corrected chi connectivity index (χ3v) is 9.02. The van der Waals surface area contributed by atoms with Gasteiger partial charge in [-0.25, -0.2) is 0 Å². The predicted octanol–water partition coefficient (Wildman–Crippen LogP) is 5.96. The molecule has 1 nitrogen and oxygen atoms in total. The second-order valence-corrected chi connectivity index (χ2v) is 12.2. The van der Waals surface area contributed by atoms with Gasteiger partial charge in [-0.15, -0.1) is 0 Å². The molecule has 0 saturated heterocycles. The molecule has 0 saturated carbocycles. The van der Waals surface area contributed by atoms with Gasteiger partial charge in [0.2, 0.25) is 0 Å². The fourth-order valence-corrected chi connectivity index (χ4v) is 3.55. The summed E-state index contributed by atoms with van der Waals surface area (Å²) in [4.78, 5) is 0. The first kappa shape index (κ1) is 17.9. The van der Waals surface area contributed by atoms with Gasteiger partial charge in [-0.05, 0) is 40.6 Å². The van der Waals surface area contributed by atoms with Crippen LogP contribution in [0.15, 0.2) is 40.5 Å². The topological polar surface area (TPSA) is 9.23 Å². The van der Waals surface area contributed by atoms with E-state index < -0.39 is 8.32 Å². The van der Waals surface area contributed by atoms with E-state index in [4.69, 9.17) is 4.43 Å². The van der Waals surface area contributed by atoms with Crippen LogP contribution >= 0.6 is 22.6 Å². The number of rotatable bonds is 6. The van der Waals surface area contributed by atoms with Crippen LogP contribution < -0.4 is 0 Å². The van der Waals surface area contributed by atoms with Crippen LogP contribution in [0.4, 0.5) is 0 Å². The quantitative estimate of drug-likeness (QED) is 0.422. The lowest BCUT2D eigenvalue weighted by Crippen LogP contribution is -2.43. The Labute approximate surface area is 139 Å². The van der Waals surface area contributed by atoms with E-state index in [1.165, 1.54) is 5.56 Å². The molecule has 0 aliphatic rings. The van der Waals surface area contributed by atoms with Crippen LogP contribution in [0.3, 0.4) is 0 Å². The van der Waals surface area contributed by atoms with Crippen molar-refractivity contribution >= 4 is 30.9 Å². The van der Waals surface area contributed by atoms with Crippen molar-refractivity contribution in [2.24, 2.45) is 0 Å². The molecular weight excluding hydrogens is 375 g/mol. The van der Waals surface area contributed by atoms with Gasteiger partial charge in [-0.3, -0.25) is 0 Å². The van der Waals surface area contributed by atoms with E-state index in [2.05, 4.69) is 96.9 Å². The molecule has 1 atom stereocenters. The minimum absolute atomic E-state index is 0.230. The molecule has 0 fully saturated rings. The molecule has 0 amide bonds. The SMILES string of the molecule is CC(C)(C)[Si](C)(C)OC(/C=C/I)CCc1ccccc1. The zero-order valence-corrected chi connectivity index (χ0v) is 16.5. The Bertz CT molecular complexity index is 420. The maximum Gasteiger partial charge on any atom is 0.192 e. The molecule has 0 spiro atoms. The minimum Gasteiger partial charge on any atom is -0.411 e. The smallest absolute Gasteiger partial charge is 0.192 e. The summed E-state index contributed by atoms with van der Waals surface area (Å²) in [7, 11) is -1.70. The van der Waals surface area contributed by atoms with Crippen LogP contribution in [0.1, 0.15) is 32.8 Å². The van der Waals surface area contributed by atoms with Crippen molar-refractivity contribution in [2.75, 3.05) is 0 Å². The summed E-state index contributed by atoms with van der Waals surface area (Å²) >= 11 is 2.28. The first-order chi connectivity index (χ1) is 9.26. The molecule has 1 unspecified atom stereocenters. The van der Waals surface area contributed by atoms with Crippen molar-refractivity contribution < 1.29 is 4.43 Å². The highest BCUT2D eigenvalue weighted by Crippen LogP contribution is 2.37. The third kappa shape index (κ3) is 5.70. The van der Waals surface area contributed by atoms with Gasteiger partial charge in [0.05, 0.1) is 6.10 Å². The van der Waals surface area contributed by atoms with E-state index in [1.807, 2.05) is 0 Å². The van der Waals surface area contributed by atoms with Crippen LogP contribution in [0.2, 0.25) is 18.1 Å². The van der Waals surface area contributed by atoms with Crippen molar-refractivity contribution in [3.8, 4) is 0 Å². The fourth-order valence-electron chi connectivity index (χ4n) is 1.78. The number of benzene rings is 1. The highest BCUT2D eigenvalue weighted by Gasteiger charge is 2.38. The third-order valence-electron chi connectivity index (χ3n) is 4.10. The van der Waals surface area contributed by atoms with Crippen molar-refractivity contribution in [2.45, 2.75) is 57.8 Å². The summed E-state index contributed by atoms with van der Waals surface area (Å²) in [6.45, 7) is 11.5. The lowest BCUT2D eigenvalue weighted by Gasteiger charge is -2.38. The van der Waals surface area contributed by atoms with Crippen molar-refractivity contribution in [3.63, 3.8) is 0 Å². The van der Waals surface area contributed by atoms with E-state index in [9.17, 15) is 0 Å². The normalized spacial score (nSPS) is 14.7. The van der Waals surface area contributed by atoms with Crippen molar-refractivity contribution in [1.82, 2.24) is 0 Å². The lowest BCUT2D eigenvalue weighted by atomic mass is 10.1. The summed E-state index contributed by atoms with van der Waals surface area (Å²) in [6, 6.07) is 10.7. The molecule has 0 radical (unpaired) electrons. The van der Waals surface area contributed by atoms with Crippen LogP contribution in [0.5, 0.6) is 0 Å². The Kier molecular flexibility index (Phi) is 6.95. The predicted molar refractivity (Wildman–Crippen MR) is 100.0 cm³/mol. The van der Waals surface area contributed by atoms with Gasteiger partial charge >= 0.3 is 0 Å². The van der Waals surface area contributed by atoms with Crippen molar-refractivity contribution in [1.29, 1.82) is 0 Å². The van der Waals surface area contributed by atoms with Crippen LogP contribution in [-0.2, 0) is 10.8 Å². The number of aryl methyl sites for hydroxylation is 1. The second kappa shape index (κ2) is 7.76. The van der Waals surface area contributed by atoms with Crippen molar-refractivity contribution in [3.05, 3.63) is 46.1 Å². The average Bonchev–Trinajstić information content (AvgIpc) is 2.36. The minimum atomic E-state index is -1.70. The van der Waals surface area contributed by atoms with Gasteiger partial charge in [-0.1, -0.05) is 79.8 Å². The molecule has 3 heteroatoms. The van der Waals surface area contributed by atoms with Crippen LogP contribution in [0.25, 0.3) is 0 Å². The van der Waals surface area contributed by atoms with E-state index >= 15 is 0 Å². The highest BCUT2D eigenvalue weighted by atomic mass is 127. The Morgan fingerprint density at radius 2 is 1.80 bits per heavy atom. The molecule has 1 rings (SSSR count). The summed E-state index contributed by atoms with van der Waals surface area (Å²) < 4.78 is 8.60. The van der Waals surface area contributed by atoms with Crippen LogP contribution in [0, 0.1) is 0 Å². The molecule has 0 aliphatic carbocycles. The molecule has 112 valence electrons. The second-order valence-electron chi connectivity index (χ2n) is 6.76. The van der Waals surface area contributed by atoms with E-state index in [-0.39, 0.29) is 11.1 Å². The molecule has 1 aromatic rings. The number of hydrogen-bond donors (Lipinski definition) is 0. The molecule has 1 aromatic carbocycles. The van der Waals surface area contributed by atoms with Gasteiger partial charge in [0, 0.05) is 0 Å².